The third-order valence-corrected chi connectivity index (χ3v) is 2.75. The minimum absolute atomic E-state index is 0.00884. The summed E-state index contributed by atoms with van der Waals surface area (Å²) in [5, 5.41) is 10.6. The number of rotatable bonds is 7. The molecule has 112 valence electrons. The van der Waals surface area contributed by atoms with Crippen LogP contribution in [0.2, 0.25) is 0 Å². The van der Waals surface area contributed by atoms with E-state index in [1.165, 1.54) is 0 Å². The van der Waals surface area contributed by atoms with Gasteiger partial charge >= 0.3 is 0 Å². The second-order valence-corrected chi connectivity index (χ2v) is 4.89. The highest BCUT2D eigenvalue weighted by Gasteiger charge is 2.09. The fraction of sp³-hybridized carbons (Fsp3) is 0.400. The van der Waals surface area contributed by atoms with Gasteiger partial charge in [0.15, 0.2) is 6.61 Å². The van der Waals surface area contributed by atoms with Crippen molar-refractivity contribution in [3.05, 3.63) is 42.1 Å². The van der Waals surface area contributed by atoms with E-state index in [0.717, 1.165) is 0 Å². The second kappa shape index (κ2) is 7.42. The molecule has 0 bridgehead atoms. The number of benzene rings is 1. The van der Waals surface area contributed by atoms with Crippen molar-refractivity contribution in [3.63, 3.8) is 0 Å². The molecular formula is C15H19N3O3. The molecule has 1 amide bonds. The molecule has 0 aliphatic carbocycles. The molecule has 1 aromatic heterocycles. The van der Waals surface area contributed by atoms with Crippen LogP contribution in [0.3, 0.4) is 0 Å². The molecule has 1 aromatic carbocycles. The van der Waals surface area contributed by atoms with Crippen LogP contribution in [-0.2, 0) is 11.2 Å². The Bertz CT molecular complexity index is 567. The van der Waals surface area contributed by atoms with Gasteiger partial charge in [-0.25, -0.2) is 0 Å². The van der Waals surface area contributed by atoms with Crippen LogP contribution in [0.25, 0.3) is 0 Å². The van der Waals surface area contributed by atoms with Crippen LogP contribution in [0.15, 0.2) is 34.7 Å². The molecule has 0 saturated carbocycles. The molecule has 0 aliphatic rings. The zero-order valence-corrected chi connectivity index (χ0v) is 12.2. The summed E-state index contributed by atoms with van der Waals surface area (Å²) in [4.78, 5) is 11.6. The lowest BCUT2D eigenvalue weighted by atomic mass is 10.2. The van der Waals surface area contributed by atoms with Crippen LogP contribution in [0.1, 0.15) is 31.5 Å². The zero-order chi connectivity index (χ0) is 15.1. The van der Waals surface area contributed by atoms with Gasteiger partial charge in [-0.1, -0.05) is 32.0 Å². The molecule has 6 nitrogen and oxygen atoms in total. The van der Waals surface area contributed by atoms with Gasteiger partial charge in [-0.3, -0.25) is 4.79 Å². The van der Waals surface area contributed by atoms with Crippen molar-refractivity contribution >= 4 is 5.91 Å². The minimum atomic E-state index is -0.178. The molecule has 0 radical (unpaired) electrons. The van der Waals surface area contributed by atoms with Crippen molar-refractivity contribution in [2.24, 2.45) is 0 Å². The number of amides is 1. The lowest BCUT2D eigenvalue weighted by Gasteiger charge is -2.06. The molecule has 0 unspecified atom stereocenters. The van der Waals surface area contributed by atoms with Crippen molar-refractivity contribution in [2.75, 3.05) is 13.2 Å². The van der Waals surface area contributed by atoms with E-state index in [1.54, 1.807) is 12.1 Å². The number of carbonyl (C=O) groups is 1. The molecule has 6 heteroatoms. The van der Waals surface area contributed by atoms with Crippen LogP contribution < -0.4 is 10.1 Å². The summed E-state index contributed by atoms with van der Waals surface area (Å²) in [5.74, 6) is 1.85. The maximum absolute atomic E-state index is 11.6. The summed E-state index contributed by atoms with van der Waals surface area (Å²) < 4.78 is 10.8. The van der Waals surface area contributed by atoms with E-state index in [9.17, 15) is 4.79 Å². The Kier molecular flexibility index (Phi) is 5.31. The van der Waals surface area contributed by atoms with Crippen molar-refractivity contribution in [3.8, 4) is 5.75 Å². The highest BCUT2D eigenvalue weighted by atomic mass is 16.5. The van der Waals surface area contributed by atoms with Crippen molar-refractivity contribution in [1.29, 1.82) is 0 Å². The predicted molar refractivity (Wildman–Crippen MR) is 77.0 cm³/mol. The van der Waals surface area contributed by atoms with Gasteiger partial charge in [-0.2, -0.15) is 0 Å². The van der Waals surface area contributed by atoms with Gasteiger partial charge in [0.1, 0.15) is 5.75 Å². The van der Waals surface area contributed by atoms with E-state index in [0.29, 0.717) is 30.5 Å². The lowest BCUT2D eigenvalue weighted by molar-refractivity contribution is -0.123. The number of aromatic nitrogens is 2. The minimum Gasteiger partial charge on any atom is -0.484 e. The maximum Gasteiger partial charge on any atom is 0.257 e. The number of nitrogens with one attached hydrogen (secondary N) is 1. The van der Waals surface area contributed by atoms with Crippen LogP contribution in [0.4, 0.5) is 0 Å². The Morgan fingerprint density at radius 3 is 2.71 bits per heavy atom. The summed E-state index contributed by atoms with van der Waals surface area (Å²) in [6.07, 6.45) is 0.511. The van der Waals surface area contributed by atoms with E-state index in [1.807, 2.05) is 32.0 Å². The molecule has 1 heterocycles. The van der Waals surface area contributed by atoms with Crippen LogP contribution in [0, 0.1) is 0 Å². The topological polar surface area (TPSA) is 77.2 Å². The molecule has 0 saturated heterocycles. The normalized spacial score (nSPS) is 10.6. The monoisotopic (exact) mass is 289 g/mol. The summed E-state index contributed by atoms with van der Waals surface area (Å²) in [6.45, 7) is 4.40. The van der Waals surface area contributed by atoms with Gasteiger partial charge in [0.05, 0.1) is 0 Å². The Morgan fingerprint density at radius 1 is 1.29 bits per heavy atom. The number of para-hydroxylation sites is 1. The summed E-state index contributed by atoms with van der Waals surface area (Å²) >= 11 is 0. The molecule has 0 aliphatic heterocycles. The van der Waals surface area contributed by atoms with Crippen molar-refractivity contribution < 1.29 is 13.9 Å². The average Bonchev–Trinajstić information content (AvgIpc) is 2.95. The molecule has 2 rings (SSSR count). The van der Waals surface area contributed by atoms with Crippen LogP contribution in [-0.4, -0.2) is 29.3 Å². The third-order valence-electron chi connectivity index (χ3n) is 2.75. The summed E-state index contributed by atoms with van der Waals surface area (Å²) in [6, 6.07) is 9.21. The number of carbonyl (C=O) groups excluding carboxylic acids is 1. The van der Waals surface area contributed by atoms with Crippen LogP contribution in [0.5, 0.6) is 5.75 Å². The van der Waals surface area contributed by atoms with Gasteiger partial charge in [0.2, 0.25) is 11.8 Å². The van der Waals surface area contributed by atoms with Crippen molar-refractivity contribution in [1.82, 2.24) is 15.5 Å². The summed E-state index contributed by atoms with van der Waals surface area (Å²) in [7, 11) is 0. The molecular weight excluding hydrogens is 270 g/mol. The second-order valence-electron chi connectivity index (χ2n) is 4.89. The van der Waals surface area contributed by atoms with Gasteiger partial charge in [0, 0.05) is 18.9 Å². The Balaban J connectivity index is 1.67. The first-order valence-electron chi connectivity index (χ1n) is 6.92. The first-order chi connectivity index (χ1) is 10.1. The molecule has 1 N–H and O–H groups in total. The first-order valence-corrected chi connectivity index (χ1v) is 6.92. The number of nitrogens with zero attached hydrogens (tertiary/aromatic N) is 2. The van der Waals surface area contributed by atoms with Gasteiger partial charge in [0.25, 0.3) is 5.91 Å². The molecule has 0 fully saturated rings. The molecule has 21 heavy (non-hydrogen) atoms. The van der Waals surface area contributed by atoms with E-state index in [2.05, 4.69) is 15.5 Å². The third kappa shape index (κ3) is 4.91. The Hall–Kier alpha value is -2.37. The smallest absolute Gasteiger partial charge is 0.257 e. The quantitative estimate of drug-likeness (QED) is 0.842. The number of ether oxygens (including phenoxy) is 1. The van der Waals surface area contributed by atoms with E-state index in [-0.39, 0.29) is 18.4 Å². The Morgan fingerprint density at radius 2 is 2.05 bits per heavy atom. The van der Waals surface area contributed by atoms with E-state index in [4.69, 9.17) is 9.15 Å². The molecule has 0 atom stereocenters. The summed E-state index contributed by atoms with van der Waals surface area (Å²) in [5.41, 5.74) is 0. The van der Waals surface area contributed by atoms with Gasteiger partial charge < -0.3 is 14.5 Å². The standard InChI is InChI=1S/C15H19N3O3/c1-11(2)15-18-17-14(21-15)8-9-16-13(19)10-20-12-6-4-3-5-7-12/h3-7,11H,8-10H2,1-2H3,(H,16,19). The molecule has 2 aromatic rings. The average molecular weight is 289 g/mol. The largest absolute Gasteiger partial charge is 0.484 e. The van der Waals surface area contributed by atoms with E-state index >= 15 is 0 Å². The fourth-order valence-corrected chi connectivity index (χ4v) is 1.63. The number of hydrogen-bond donors (Lipinski definition) is 1. The van der Waals surface area contributed by atoms with Gasteiger partial charge in [-0.15, -0.1) is 10.2 Å². The molecule has 0 spiro atoms. The number of hydrogen-bond acceptors (Lipinski definition) is 5. The van der Waals surface area contributed by atoms with Gasteiger partial charge in [-0.05, 0) is 12.1 Å². The lowest BCUT2D eigenvalue weighted by Crippen LogP contribution is -2.30. The SMILES string of the molecule is CC(C)c1nnc(CCNC(=O)COc2ccccc2)o1. The highest BCUT2D eigenvalue weighted by molar-refractivity contribution is 5.77. The maximum atomic E-state index is 11.6. The zero-order valence-electron chi connectivity index (χ0n) is 12.2. The first kappa shape index (κ1) is 15.0. The van der Waals surface area contributed by atoms with Crippen LogP contribution >= 0.6 is 0 Å². The highest BCUT2D eigenvalue weighted by Crippen LogP contribution is 2.11. The Labute approximate surface area is 123 Å². The van der Waals surface area contributed by atoms with E-state index < -0.39 is 0 Å². The van der Waals surface area contributed by atoms with Crippen molar-refractivity contribution in [2.45, 2.75) is 26.2 Å². The fourth-order valence-electron chi connectivity index (χ4n) is 1.63. The predicted octanol–water partition coefficient (Wildman–Crippen LogP) is 1.93.